The second-order valence-corrected chi connectivity index (χ2v) is 8.06. The van der Waals surface area contributed by atoms with Crippen LogP contribution in [0.1, 0.15) is 51.3 Å². The first-order valence-corrected chi connectivity index (χ1v) is 9.92. The summed E-state index contributed by atoms with van der Waals surface area (Å²) in [6, 6.07) is 4.40. The summed E-state index contributed by atoms with van der Waals surface area (Å²) < 4.78 is 31.8. The molecule has 2 heterocycles. The summed E-state index contributed by atoms with van der Waals surface area (Å²) >= 11 is 0. The van der Waals surface area contributed by atoms with Gasteiger partial charge in [-0.15, -0.1) is 0 Å². The smallest absolute Gasteiger partial charge is 0.387 e. The molecule has 2 aliphatic carbocycles. The van der Waals surface area contributed by atoms with Crippen LogP contribution in [0.3, 0.4) is 0 Å². The lowest BCUT2D eigenvalue weighted by Gasteiger charge is -2.16. The summed E-state index contributed by atoms with van der Waals surface area (Å²) in [5.74, 6) is 1.75. The number of pyridine rings is 1. The fourth-order valence-corrected chi connectivity index (χ4v) is 4.73. The van der Waals surface area contributed by atoms with Gasteiger partial charge in [0.1, 0.15) is 0 Å². The molecule has 3 N–H and O–H groups in total. The van der Waals surface area contributed by atoms with E-state index in [1.165, 1.54) is 24.6 Å². The summed E-state index contributed by atoms with van der Waals surface area (Å²) in [5.41, 5.74) is 8.22. The van der Waals surface area contributed by atoms with Crippen LogP contribution in [0.15, 0.2) is 18.3 Å². The Hall–Kier alpha value is -2.22. The van der Waals surface area contributed by atoms with Crippen LogP contribution in [0.2, 0.25) is 0 Å². The van der Waals surface area contributed by atoms with Gasteiger partial charge < -0.3 is 15.8 Å². The zero-order valence-electron chi connectivity index (χ0n) is 16.4. The van der Waals surface area contributed by atoms with Crippen LogP contribution < -0.4 is 15.8 Å². The number of hydrogen-bond acceptors (Lipinski definition) is 5. The summed E-state index contributed by atoms with van der Waals surface area (Å²) in [4.78, 5) is 4.00. The molecule has 152 valence electrons. The van der Waals surface area contributed by atoms with Crippen molar-refractivity contribution in [3.63, 3.8) is 0 Å². The Morgan fingerprint density at radius 2 is 2.00 bits per heavy atom. The maximum absolute atomic E-state index is 12.6. The normalized spacial score (nSPS) is 26.1. The molecule has 4 rings (SSSR count). The Bertz CT molecular complexity index is 841. The van der Waals surface area contributed by atoms with E-state index < -0.39 is 6.61 Å². The lowest BCUT2D eigenvalue weighted by Crippen LogP contribution is -2.27. The van der Waals surface area contributed by atoms with Crippen molar-refractivity contribution < 1.29 is 13.5 Å². The van der Waals surface area contributed by atoms with E-state index in [1.807, 2.05) is 0 Å². The quantitative estimate of drug-likeness (QED) is 0.750. The largest absolute Gasteiger partial charge is 0.431 e. The van der Waals surface area contributed by atoms with Crippen LogP contribution in [0.5, 0.6) is 5.75 Å². The molecular formula is C20H27F2N5O. The van der Waals surface area contributed by atoms with Crippen molar-refractivity contribution >= 4 is 5.82 Å². The zero-order valence-corrected chi connectivity index (χ0v) is 16.4. The minimum Gasteiger partial charge on any atom is -0.431 e. The van der Waals surface area contributed by atoms with E-state index in [1.54, 1.807) is 6.20 Å². The van der Waals surface area contributed by atoms with E-state index in [0.717, 1.165) is 6.54 Å². The Morgan fingerprint density at radius 3 is 2.61 bits per heavy atom. The fraction of sp³-hybridized carbons (Fsp3) is 0.600. The molecule has 6 nitrogen and oxygen atoms in total. The van der Waals surface area contributed by atoms with Crippen molar-refractivity contribution in [3.8, 4) is 17.0 Å². The summed E-state index contributed by atoms with van der Waals surface area (Å²) in [5, 5.41) is 8.31. The first-order valence-electron chi connectivity index (χ1n) is 9.92. The van der Waals surface area contributed by atoms with Crippen molar-refractivity contribution in [2.24, 2.45) is 11.8 Å². The van der Waals surface area contributed by atoms with Crippen molar-refractivity contribution in [3.05, 3.63) is 24.0 Å². The topological polar surface area (TPSA) is 78.0 Å². The van der Waals surface area contributed by atoms with Gasteiger partial charge in [-0.1, -0.05) is 6.92 Å². The molecule has 0 saturated heterocycles. The molecule has 2 aliphatic rings. The number of anilines is 1. The molecule has 2 aromatic rings. The molecule has 2 aromatic heterocycles. The SMILES string of the molecule is CCN[C@@H]1C[C@@H]2[C@H](C1)[C@H]2c1cc(-c2cnc(N)c(OC(F)F)c2)nn1C(C)C. The number of fused-ring (bicyclic) bond motifs is 1. The predicted octanol–water partition coefficient (Wildman–Crippen LogP) is 3.81. The average molecular weight is 391 g/mol. The number of hydrogen-bond donors (Lipinski definition) is 2. The fourth-order valence-electron chi connectivity index (χ4n) is 4.73. The van der Waals surface area contributed by atoms with E-state index in [2.05, 4.69) is 46.6 Å². The number of nitrogens with two attached hydrogens (primary N) is 1. The molecular weight excluding hydrogens is 364 g/mol. The molecule has 2 saturated carbocycles. The van der Waals surface area contributed by atoms with E-state index in [0.29, 0.717) is 35.1 Å². The summed E-state index contributed by atoms with van der Waals surface area (Å²) in [6.45, 7) is 4.42. The Kier molecular flexibility index (Phi) is 4.99. The maximum atomic E-state index is 12.6. The van der Waals surface area contributed by atoms with Crippen LogP contribution in [-0.2, 0) is 0 Å². The first-order chi connectivity index (χ1) is 13.4. The molecule has 28 heavy (non-hydrogen) atoms. The predicted molar refractivity (Wildman–Crippen MR) is 103 cm³/mol. The van der Waals surface area contributed by atoms with E-state index >= 15 is 0 Å². The van der Waals surface area contributed by atoms with Gasteiger partial charge in [0, 0.05) is 35.5 Å². The van der Waals surface area contributed by atoms with Crippen molar-refractivity contribution in [1.29, 1.82) is 0 Å². The number of nitrogens with one attached hydrogen (secondary N) is 1. The molecule has 0 amide bonds. The minimum atomic E-state index is -2.95. The van der Waals surface area contributed by atoms with Gasteiger partial charge in [0.25, 0.3) is 0 Å². The Morgan fingerprint density at radius 1 is 1.29 bits per heavy atom. The van der Waals surface area contributed by atoms with Crippen molar-refractivity contribution in [2.75, 3.05) is 12.3 Å². The number of nitrogens with zero attached hydrogens (tertiary/aromatic N) is 3. The molecule has 8 heteroatoms. The second kappa shape index (κ2) is 7.31. The van der Waals surface area contributed by atoms with Gasteiger partial charge in [0.2, 0.25) is 0 Å². The van der Waals surface area contributed by atoms with Crippen LogP contribution >= 0.6 is 0 Å². The minimum absolute atomic E-state index is 0.0567. The molecule has 0 radical (unpaired) electrons. The number of ether oxygens (including phenoxy) is 1. The average Bonchev–Trinajstić information content (AvgIpc) is 2.99. The van der Waals surface area contributed by atoms with E-state index in [4.69, 9.17) is 10.8 Å². The number of halogens is 2. The standard InChI is InChI=1S/C20H27F2N5O/c1-4-24-12-6-13-14(7-12)18(13)16-8-15(26-27(16)10(2)3)11-5-17(28-20(21)22)19(23)25-9-11/h5,8-10,12-14,18,20,24H,4,6-7H2,1-3H3,(H2,23,25)/t12-,13-,14+,18+. The zero-order chi connectivity index (χ0) is 20.0. The molecule has 0 aromatic carbocycles. The second-order valence-electron chi connectivity index (χ2n) is 8.06. The number of rotatable bonds is 7. The van der Waals surface area contributed by atoms with Gasteiger partial charge in [0.05, 0.1) is 5.69 Å². The highest BCUT2D eigenvalue weighted by molar-refractivity contribution is 5.64. The number of alkyl halides is 2. The molecule has 0 aliphatic heterocycles. The molecule has 0 spiro atoms. The third kappa shape index (κ3) is 3.45. The molecule has 4 atom stereocenters. The maximum Gasteiger partial charge on any atom is 0.387 e. The van der Waals surface area contributed by atoms with Gasteiger partial charge in [0.15, 0.2) is 11.6 Å². The van der Waals surface area contributed by atoms with Gasteiger partial charge in [-0.25, -0.2) is 4.98 Å². The number of aromatic nitrogens is 3. The third-order valence-corrected chi connectivity index (χ3v) is 5.93. The number of nitrogen functional groups attached to an aromatic ring is 1. The monoisotopic (exact) mass is 391 g/mol. The molecule has 2 fully saturated rings. The van der Waals surface area contributed by atoms with Crippen LogP contribution in [0.25, 0.3) is 11.3 Å². The van der Waals surface area contributed by atoms with Crippen molar-refractivity contribution in [2.45, 2.75) is 58.2 Å². The van der Waals surface area contributed by atoms with E-state index in [9.17, 15) is 8.78 Å². The van der Waals surface area contributed by atoms with Crippen LogP contribution in [0.4, 0.5) is 14.6 Å². The highest BCUT2D eigenvalue weighted by Gasteiger charge is 2.57. The van der Waals surface area contributed by atoms with Gasteiger partial charge in [-0.2, -0.15) is 13.9 Å². The van der Waals surface area contributed by atoms with Gasteiger partial charge in [-0.05, 0) is 57.2 Å². The Labute approximate surface area is 163 Å². The first kappa shape index (κ1) is 19.1. The van der Waals surface area contributed by atoms with Crippen molar-refractivity contribution in [1.82, 2.24) is 20.1 Å². The summed E-state index contributed by atoms with van der Waals surface area (Å²) in [7, 11) is 0. The summed E-state index contributed by atoms with van der Waals surface area (Å²) in [6.07, 6.45) is 3.97. The Balaban J connectivity index is 1.60. The lowest BCUT2D eigenvalue weighted by atomic mass is 10.0. The molecule has 0 unspecified atom stereocenters. The third-order valence-electron chi connectivity index (χ3n) is 5.93. The lowest BCUT2D eigenvalue weighted by molar-refractivity contribution is -0.0494. The highest BCUT2D eigenvalue weighted by Crippen LogP contribution is 2.63. The van der Waals surface area contributed by atoms with Gasteiger partial charge in [-0.3, -0.25) is 4.68 Å². The highest BCUT2D eigenvalue weighted by atomic mass is 19.3. The van der Waals surface area contributed by atoms with Crippen LogP contribution in [-0.4, -0.2) is 34.0 Å². The molecule has 0 bridgehead atoms. The van der Waals surface area contributed by atoms with Gasteiger partial charge >= 0.3 is 6.61 Å². The van der Waals surface area contributed by atoms with E-state index in [-0.39, 0.29) is 17.6 Å². The van der Waals surface area contributed by atoms with Crippen LogP contribution in [0, 0.1) is 11.8 Å².